The zero-order valence-electron chi connectivity index (χ0n) is 19.4. The zero-order valence-corrected chi connectivity index (χ0v) is 20.2. The lowest BCUT2D eigenvalue weighted by molar-refractivity contribution is -0.133. The molecule has 182 valence electrons. The van der Waals surface area contributed by atoms with E-state index >= 15 is 0 Å². The van der Waals surface area contributed by atoms with Crippen LogP contribution in [-0.2, 0) is 29.0 Å². The molecule has 1 fully saturated rings. The van der Waals surface area contributed by atoms with Crippen LogP contribution in [0.25, 0.3) is 11.1 Å². The van der Waals surface area contributed by atoms with Gasteiger partial charge in [0.05, 0.1) is 12.1 Å². The van der Waals surface area contributed by atoms with Crippen LogP contribution in [0.1, 0.15) is 42.4 Å². The highest BCUT2D eigenvalue weighted by Gasteiger charge is 2.27. The van der Waals surface area contributed by atoms with Gasteiger partial charge in [-0.25, -0.2) is 0 Å². The molecule has 0 spiro atoms. The van der Waals surface area contributed by atoms with Crippen molar-refractivity contribution in [3.8, 4) is 11.1 Å². The lowest BCUT2D eigenvalue weighted by Gasteiger charge is -2.29. The molecule has 7 nitrogen and oxygen atoms in total. The zero-order chi connectivity index (χ0) is 24.8. The number of benzene rings is 3. The second-order valence-electron chi connectivity index (χ2n) is 8.83. The van der Waals surface area contributed by atoms with E-state index in [0.29, 0.717) is 17.8 Å². The van der Waals surface area contributed by atoms with Crippen molar-refractivity contribution in [3.05, 3.63) is 89.5 Å². The Hall–Kier alpha value is -3.49. The van der Waals surface area contributed by atoms with Crippen LogP contribution < -0.4 is 10.5 Å². The number of rotatable bonds is 9. The van der Waals surface area contributed by atoms with E-state index in [1.165, 1.54) is 0 Å². The Morgan fingerprint density at radius 1 is 1.03 bits per heavy atom. The van der Waals surface area contributed by atoms with E-state index in [1.807, 2.05) is 65.6 Å². The van der Waals surface area contributed by atoms with Crippen LogP contribution in [0.3, 0.4) is 0 Å². The second kappa shape index (κ2) is 11.3. The summed E-state index contributed by atoms with van der Waals surface area (Å²) in [5, 5.41) is 7.71. The van der Waals surface area contributed by atoms with Gasteiger partial charge in [-0.2, -0.15) is 0 Å². The van der Waals surface area contributed by atoms with Crippen molar-refractivity contribution in [3.63, 3.8) is 0 Å². The molecular formula is C27H29N4O3S-. The molecule has 0 heterocycles. The number of nitrogens with one attached hydrogen (secondary N) is 2. The summed E-state index contributed by atoms with van der Waals surface area (Å²) in [6.45, 7) is 0.447. The minimum absolute atomic E-state index is 0.000103. The molecule has 3 aromatic rings. The minimum atomic E-state index is -2.49. The number of hydrogen-bond donors (Lipinski definition) is 3. The molecule has 0 radical (unpaired) electrons. The number of anilines is 1. The molecule has 1 aliphatic rings. The average molecular weight is 490 g/mol. The summed E-state index contributed by atoms with van der Waals surface area (Å²) in [6.07, 6.45) is 4.28. The van der Waals surface area contributed by atoms with E-state index in [2.05, 4.69) is 4.72 Å². The van der Waals surface area contributed by atoms with Gasteiger partial charge in [0.1, 0.15) is 5.84 Å². The van der Waals surface area contributed by atoms with Crippen LogP contribution in [0.15, 0.2) is 72.8 Å². The number of carbonyl (C=O) groups excluding carboxylic acids is 1. The third-order valence-electron chi connectivity index (χ3n) is 6.39. The van der Waals surface area contributed by atoms with E-state index in [-0.39, 0.29) is 24.2 Å². The van der Waals surface area contributed by atoms with E-state index < -0.39 is 11.3 Å². The first-order valence-corrected chi connectivity index (χ1v) is 12.8. The standard InChI is InChI=1S/C27H30N4O3S/c28-27(29)22-10-6-7-20(15-22)18-31(23-11-4-5-12-23)26(32)17-19-13-14-24(21-8-2-1-3-9-21)25(16-19)30-35(33)34/h1-3,6-10,13-16,23,30H,4-5,11-12,17-18H2,(H3,28,29)(H,33,34)/p-1. The van der Waals surface area contributed by atoms with Crippen molar-refractivity contribution in [2.24, 2.45) is 5.73 Å². The first kappa shape index (κ1) is 24.6. The third kappa shape index (κ3) is 6.35. The van der Waals surface area contributed by atoms with Crippen molar-refractivity contribution in [2.45, 2.75) is 44.7 Å². The second-order valence-corrected chi connectivity index (χ2v) is 9.51. The molecule has 35 heavy (non-hydrogen) atoms. The predicted molar refractivity (Wildman–Crippen MR) is 138 cm³/mol. The summed E-state index contributed by atoms with van der Waals surface area (Å²) in [5.41, 5.74) is 10.0. The van der Waals surface area contributed by atoms with Gasteiger partial charge in [-0.05, 0) is 41.7 Å². The van der Waals surface area contributed by atoms with Crippen LogP contribution in [0.4, 0.5) is 5.69 Å². The Morgan fingerprint density at radius 2 is 1.77 bits per heavy atom. The molecule has 4 rings (SSSR count). The van der Waals surface area contributed by atoms with Gasteiger partial charge >= 0.3 is 0 Å². The van der Waals surface area contributed by atoms with Gasteiger partial charge in [-0.1, -0.05) is 73.5 Å². The van der Waals surface area contributed by atoms with Crippen LogP contribution in [0, 0.1) is 5.41 Å². The largest absolute Gasteiger partial charge is 0.755 e. The summed E-state index contributed by atoms with van der Waals surface area (Å²) >= 11 is -2.49. The number of nitrogens with two attached hydrogens (primary N) is 1. The van der Waals surface area contributed by atoms with Crippen molar-refractivity contribution in [2.75, 3.05) is 4.72 Å². The predicted octanol–water partition coefficient (Wildman–Crippen LogP) is 4.36. The Morgan fingerprint density at radius 3 is 2.46 bits per heavy atom. The third-order valence-corrected chi connectivity index (χ3v) is 6.78. The molecule has 1 aliphatic carbocycles. The molecule has 8 heteroatoms. The fraction of sp³-hybridized carbons (Fsp3) is 0.259. The maximum atomic E-state index is 13.5. The summed E-state index contributed by atoms with van der Waals surface area (Å²) in [7, 11) is 0. The number of nitrogens with zero attached hydrogens (tertiary/aromatic N) is 1. The SMILES string of the molecule is N=C(N)c1cccc(CN(C(=O)Cc2ccc(-c3ccccc3)c(NS(=O)[O-])c2)C2CCCC2)c1. The summed E-state index contributed by atoms with van der Waals surface area (Å²) < 4.78 is 25.4. The van der Waals surface area contributed by atoms with Crippen molar-refractivity contribution < 1.29 is 13.6 Å². The monoisotopic (exact) mass is 489 g/mol. The number of amides is 1. The van der Waals surface area contributed by atoms with Gasteiger partial charge in [0.15, 0.2) is 0 Å². The van der Waals surface area contributed by atoms with Crippen molar-refractivity contribution >= 4 is 28.7 Å². The lowest BCUT2D eigenvalue weighted by Crippen LogP contribution is -2.39. The smallest absolute Gasteiger partial charge is 0.227 e. The maximum absolute atomic E-state index is 13.5. The molecule has 1 unspecified atom stereocenters. The van der Waals surface area contributed by atoms with Crippen molar-refractivity contribution in [1.82, 2.24) is 4.90 Å². The topological polar surface area (TPSA) is 122 Å². The highest BCUT2D eigenvalue weighted by molar-refractivity contribution is 7.80. The normalized spacial score (nSPS) is 14.4. The Labute approximate surface area is 208 Å². The number of carbonyl (C=O) groups is 1. The van der Waals surface area contributed by atoms with Crippen LogP contribution in [0.2, 0.25) is 0 Å². The van der Waals surface area contributed by atoms with Crippen LogP contribution >= 0.6 is 0 Å². The molecule has 4 N–H and O–H groups in total. The van der Waals surface area contributed by atoms with Gasteiger partial charge in [-0.3, -0.25) is 14.4 Å². The Bertz CT molecular complexity index is 1230. The van der Waals surface area contributed by atoms with E-state index in [1.54, 1.807) is 12.1 Å². The summed E-state index contributed by atoms with van der Waals surface area (Å²) in [6, 6.07) is 22.6. The Kier molecular flexibility index (Phi) is 7.94. The molecule has 1 saturated carbocycles. The molecule has 0 aliphatic heterocycles. The molecule has 0 bridgehead atoms. The van der Waals surface area contributed by atoms with E-state index in [0.717, 1.165) is 47.9 Å². The minimum Gasteiger partial charge on any atom is -0.755 e. The number of nitrogen functional groups attached to an aromatic ring is 1. The molecule has 1 atom stereocenters. The van der Waals surface area contributed by atoms with E-state index in [4.69, 9.17) is 11.1 Å². The molecular weight excluding hydrogens is 460 g/mol. The molecule has 3 aromatic carbocycles. The first-order chi connectivity index (χ1) is 16.9. The van der Waals surface area contributed by atoms with Gasteiger partial charge < -0.3 is 19.9 Å². The maximum Gasteiger partial charge on any atom is 0.227 e. The fourth-order valence-corrected chi connectivity index (χ4v) is 5.04. The number of hydrogen-bond acceptors (Lipinski definition) is 4. The van der Waals surface area contributed by atoms with Gasteiger partial charge in [0.2, 0.25) is 5.91 Å². The van der Waals surface area contributed by atoms with Crippen LogP contribution in [-0.4, -0.2) is 31.4 Å². The average Bonchev–Trinajstić information content (AvgIpc) is 3.37. The molecule has 0 aromatic heterocycles. The van der Waals surface area contributed by atoms with Crippen molar-refractivity contribution in [1.29, 1.82) is 5.41 Å². The summed E-state index contributed by atoms with van der Waals surface area (Å²) in [5.74, 6) is -0.00771. The van der Waals surface area contributed by atoms with Gasteiger partial charge in [0, 0.05) is 35.0 Å². The van der Waals surface area contributed by atoms with Gasteiger partial charge in [0.25, 0.3) is 0 Å². The molecule has 0 saturated heterocycles. The van der Waals surface area contributed by atoms with Gasteiger partial charge in [-0.15, -0.1) is 0 Å². The molecule has 1 amide bonds. The Balaban J connectivity index is 1.59. The van der Waals surface area contributed by atoms with E-state index in [9.17, 15) is 13.6 Å². The van der Waals surface area contributed by atoms with Crippen LogP contribution in [0.5, 0.6) is 0 Å². The highest BCUT2D eigenvalue weighted by Crippen LogP contribution is 2.31. The first-order valence-electron chi connectivity index (χ1n) is 11.7. The lowest BCUT2D eigenvalue weighted by atomic mass is 10.00. The quantitative estimate of drug-likeness (QED) is 0.235. The summed E-state index contributed by atoms with van der Waals surface area (Å²) in [4.78, 5) is 15.5. The highest BCUT2D eigenvalue weighted by atomic mass is 32.2. The fourth-order valence-electron chi connectivity index (χ4n) is 4.69. The number of amidine groups is 1.